The molecule has 9 nitrogen and oxygen atoms in total. The topological polar surface area (TPSA) is 122 Å². The standard InChI is InChI=1S/C32H30N2O7/c35-28(40-18-20-8-2-1-3-9-20)14-27(29(36)34-17-21-15-32(34,16-21)30(37)38)33-31(39)41-19-26-24-12-6-4-10-22(24)23-11-5-7-13-25(23)26/h1-13,21,26-27H,14-19H2,(H,33,39)(H,37,38)/t21?,27-,32?/m0/s1. The third kappa shape index (κ3) is 4.92. The van der Waals surface area contributed by atoms with E-state index >= 15 is 0 Å². The van der Waals surface area contributed by atoms with E-state index in [4.69, 9.17) is 9.47 Å². The van der Waals surface area contributed by atoms with Gasteiger partial charge in [-0.3, -0.25) is 9.59 Å². The fourth-order valence-electron chi connectivity index (χ4n) is 6.40. The van der Waals surface area contributed by atoms with Crippen LogP contribution >= 0.6 is 0 Å². The first kappa shape index (κ1) is 26.6. The van der Waals surface area contributed by atoms with Crippen molar-refractivity contribution in [1.29, 1.82) is 0 Å². The van der Waals surface area contributed by atoms with Crippen LogP contribution in [0.25, 0.3) is 11.1 Å². The Bertz CT molecular complexity index is 1450. The van der Waals surface area contributed by atoms with Crippen molar-refractivity contribution >= 4 is 23.9 Å². The summed E-state index contributed by atoms with van der Waals surface area (Å²) in [5, 5.41) is 12.4. The van der Waals surface area contributed by atoms with Crippen molar-refractivity contribution < 1.29 is 33.8 Å². The molecule has 210 valence electrons. The van der Waals surface area contributed by atoms with E-state index in [-0.39, 0.29) is 31.6 Å². The van der Waals surface area contributed by atoms with Gasteiger partial charge in [0.05, 0.1) is 6.42 Å². The summed E-state index contributed by atoms with van der Waals surface area (Å²) in [5.41, 5.74) is 3.73. The minimum atomic E-state index is -1.33. The molecular weight excluding hydrogens is 524 g/mol. The second kappa shape index (κ2) is 10.7. The smallest absolute Gasteiger partial charge is 0.407 e. The summed E-state index contributed by atoms with van der Waals surface area (Å²) >= 11 is 0. The molecule has 1 saturated carbocycles. The summed E-state index contributed by atoms with van der Waals surface area (Å²) in [7, 11) is 0. The lowest BCUT2D eigenvalue weighted by Gasteiger charge is -2.38. The van der Waals surface area contributed by atoms with Gasteiger partial charge in [0, 0.05) is 12.5 Å². The van der Waals surface area contributed by atoms with E-state index in [1.807, 2.05) is 66.7 Å². The number of nitrogens with one attached hydrogen (secondary N) is 1. The summed E-state index contributed by atoms with van der Waals surface area (Å²) in [6, 6.07) is 23.6. The van der Waals surface area contributed by atoms with Gasteiger partial charge in [-0.15, -0.1) is 0 Å². The summed E-state index contributed by atoms with van der Waals surface area (Å²) in [4.78, 5) is 52.8. The number of carbonyl (C=O) groups excluding carboxylic acids is 3. The van der Waals surface area contributed by atoms with Crippen molar-refractivity contribution in [3.05, 3.63) is 95.6 Å². The lowest BCUT2D eigenvalue weighted by atomic mass is 9.73. The van der Waals surface area contributed by atoms with Crippen LogP contribution in [0.15, 0.2) is 78.9 Å². The van der Waals surface area contributed by atoms with Gasteiger partial charge in [-0.1, -0.05) is 78.9 Å². The molecular formula is C32H30N2O7. The number of amides is 2. The van der Waals surface area contributed by atoms with Crippen LogP contribution in [0.5, 0.6) is 0 Å². The van der Waals surface area contributed by atoms with Gasteiger partial charge in [0.15, 0.2) is 0 Å². The minimum absolute atomic E-state index is 0.0103. The maximum absolute atomic E-state index is 13.6. The van der Waals surface area contributed by atoms with Crippen molar-refractivity contribution in [2.75, 3.05) is 13.2 Å². The van der Waals surface area contributed by atoms with Gasteiger partial charge >= 0.3 is 18.0 Å². The Morgan fingerprint density at radius 1 is 0.878 bits per heavy atom. The number of esters is 1. The van der Waals surface area contributed by atoms with Gasteiger partial charge in [0.25, 0.3) is 0 Å². The summed E-state index contributed by atoms with van der Waals surface area (Å²) in [5.74, 6) is -2.49. The molecule has 0 radical (unpaired) electrons. The average Bonchev–Trinajstić information content (AvgIpc) is 3.64. The Balaban J connectivity index is 1.15. The zero-order valence-electron chi connectivity index (χ0n) is 22.3. The van der Waals surface area contributed by atoms with Gasteiger partial charge in [0.2, 0.25) is 5.91 Å². The van der Waals surface area contributed by atoms with Crippen LogP contribution < -0.4 is 5.32 Å². The van der Waals surface area contributed by atoms with Crippen molar-refractivity contribution in [2.24, 2.45) is 5.92 Å². The predicted molar refractivity (Wildman–Crippen MR) is 148 cm³/mol. The molecule has 2 aliphatic heterocycles. The number of hydrogen-bond acceptors (Lipinski definition) is 6. The highest BCUT2D eigenvalue weighted by Gasteiger charge is 2.63. The van der Waals surface area contributed by atoms with E-state index in [0.717, 1.165) is 27.8 Å². The molecule has 41 heavy (non-hydrogen) atoms. The molecule has 9 heteroatoms. The molecule has 0 spiro atoms. The lowest BCUT2D eigenvalue weighted by molar-refractivity contribution is -0.160. The fourth-order valence-corrected chi connectivity index (χ4v) is 6.40. The molecule has 2 bridgehead atoms. The molecule has 2 N–H and O–H groups in total. The normalized spacial score (nSPS) is 20.8. The van der Waals surface area contributed by atoms with Gasteiger partial charge in [-0.05, 0) is 46.6 Å². The number of aliphatic carboxylic acids is 1. The van der Waals surface area contributed by atoms with Crippen molar-refractivity contribution in [2.45, 2.75) is 43.4 Å². The number of alkyl carbamates (subject to hydrolysis) is 1. The average molecular weight is 555 g/mol. The predicted octanol–water partition coefficient (Wildman–Crippen LogP) is 4.10. The fraction of sp³-hybridized carbons (Fsp3) is 0.312. The second-order valence-corrected chi connectivity index (χ2v) is 10.9. The molecule has 0 unspecified atom stereocenters. The Morgan fingerprint density at radius 3 is 2.12 bits per heavy atom. The highest BCUT2D eigenvalue weighted by Crippen LogP contribution is 2.51. The first-order valence-corrected chi connectivity index (χ1v) is 13.7. The molecule has 2 saturated heterocycles. The molecule has 1 atom stereocenters. The highest BCUT2D eigenvalue weighted by atomic mass is 16.5. The van der Waals surface area contributed by atoms with Crippen LogP contribution in [0.2, 0.25) is 0 Å². The SMILES string of the molecule is O=C(C[C@H](NC(=O)OCC1c2ccccc2-c2ccccc21)C(=O)N1CC2CC1(C(=O)O)C2)OCc1ccccc1. The maximum Gasteiger partial charge on any atom is 0.407 e. The number of fused-ring (bicyclic) bond motifs is 4. The molecule has 3 aromatic carbocycles. The van der Waals surface area contributed by atoms with Gasteiger partial charge < -0.3 is 24.8 Å². The van der Waals surface area contributed by atoms with Crippen molar-refractivity contribution in [3.8, 4) is 11.1 Å². The van der Waals surface area contributed by atoms with E-state index in [9.17, 15) is 24.3 Å². The second-order valence-electron chi connectivity index (χ2n) is 10.9. The zero-order valence-corrected chi connectivity index (χ0v) is 22.3. The molecule has 3 fully saturated rings. The Labute approximate surface area is 237 Å². The van der Waals surface area contributed by atoms with E-state index in [2.05, 4.69) is 5.32 Å². The first-order valence-electron chi connectivity index (χ1n) is 13.7. The van der Waals surface area contributed by atoms with Crippen LogP contribution in [0, 0.1) is 5.92 Å². The number of ether oxygens (including phenoxy) is 2. The quantitative estimate of drug-likeness (QED) is 0.382. The highest BCUT2D eigenvalue weighted by molar-refractivity contribution is 5.95. The third-order valence-corrected chi connectivity index (χ3v) is 8.42. The number of carbonyl (C=O) groups is 4. The third-order valence-electron chi connectivity index (χ3n) is 8.42. The molecule has 4 aliphatic rings. The molecule has 0 aromatic heterocycles. The van der Waals surface area contributed by atoms with E-state index < -0.39 is 41.9 Å². The van der Waals surface area contributed by atoms with Gasteiger partial charge in [-0.2, -0.15) is 0 Å². The summed E-state index contributed by atoms with van der Waals surface area (Å²) in [6.07, 6.45) is -0.585. The largest absolute Gasteiger partial charge is 0.479 e. The number of rotatable bonds is 9. The zero-order chi connectivity index (χ0) is 28.6. The molecule has 3 aromatic rings. The molecule has 2 heterocycles. The first-order chi connectivity index (χ1) is 19.9. The van der Waals surface area contributed by atoms with Crippen LogP contribution in [-0.4, -0.2) is 58.7 Å². The lowest BCUT2D eigenvalue weighted by Crippen LogP contribution is -2.59. The van der Waals surface area contributed by atoms with Crippen LogP contribution in [-0.2, 0) is 30.5 Å². The summed E-state index contributed by atoms with van der Waals surface area (Å²) < 4.78 is 11.0. The number of benzene rings is 3. The molecule has 2 aliphatic carbocycles. The number of carboxylic acids is 1. The van der Waals surface area contributed by atoms with Crippen LogP contribution in [0.4, 0.5) is 4.79 Å². The summed E-state index contributed by atoms with van der Waals surface area (Å²) in [6.45, 7) is 0.313. The Hall–Kier alpha value is -4.66. The van der Waals surface area contributed by atoms with E-state index in [0.29, 0.717) is 12.8 Å². The van der Waals surface area contributed by atoms with Crippen LogP contribution in [0.3, 0.4) is 0 Å². The number of hydrogen-bond donors (Lipinski definition) is 2. The Kier molecular flexibility index (Phi) is 6.95. The maximum atomic E-state index is 13.6. The monoisotopic (exact) mass is 554 g/mol. The van der Waals surface area contributed by atoms with E-state index in [1.165, 1.54) is 4.90 Å². The van der Waals surface area contributed by atoms with Crippen molar-refractivity contribution in [1.82, 2.24) is 10.2 Å². The number of nitrogens with zero attached hydrogens (tertiary/aromatic N) is 1. The van der Waals surface area contributed by atoms with Crippen molar-refractivity contribution in [3.63, 3.8) is 0 Å². The molecule has 7 rings (SSSR count). The Morgan fingerprint density at radius 2 is 1.49 bits per heavy atom. The van der Waals surface area contributed by atoms with Gasteiger partial charge in [0.1, 0.15) is 24.8 Å². The van der Waals surface area contributed by atoms with Crippen LogP contribution in [0.1, 0.15) is 41.9 Å². The molecule has 2 amide bonds. The van der Waals surface area contributed by atoms with E-state index in [1.54, 1.807) is 12.1 Å². The number of carboxylic acid groups (broad SMARTS) is 1. The van der Waals surface area contributed by atoms with Gasteiger partial charge in [-0.25, -0.2) is 9.59 Å². The minimum Gasteiger partial charge on any atom is -0.479 e.